The quantitative estimate of drug-likeness (QED) is 0.165. The molecule has 0 radical (unpaired) electrons. The zero-order valence-corrected chi connectivity index (χ0v) is 36.0. The van der Waals surface area contributed by atoms with Crippen LogP contribution in [0, 0.1) is 0 Å². The summed E-state index contributed by atoms with van der Waals surface area (Å²) in [7, 11) is -3.01. The van der Waals surface area contributed by atoms with E-state index >= 15 is 0 Å². The first-order valence-corrected chi connectivity index (χ1v) is 24.1. The Bertz CT molecular complexity index is 3220. The molecule has 3 aliphatic rings. The van der Waals surface area contributed by atoms with Crippen molar-refractivity contribution in [1.82, 2.24) is 4.98 Å². The number of para-hydroxylation sites is 5. The maximum absolute atomic E-state index is 4.37. The Kier molecular flexibility index (Phi) is 8.14. The molecule has 0 amide bonds. The number of benzene rings is 9. The molecule has 13 rings (SSSR count). The fourth-order valence-electron chi connectivity index (χ4n) is 11.6. The van der Waals surface area contributed by atoms with Gasteiger partial charge in [0, 0.05) is 35.1 Å². The SMILES string of the molecule is c1ccc(-c2cc(-c3ccncc3)cc(N3c4ccccc4C4(c5ccccc53)c3ccccc3[Si]3(c5ccccc5N(c5ccccc5)c5ccccc53)c3ccccc34)c2)cc1. The third kappa shape index (κ3) is 5.00. The molecule has 0 bridgehead atoms. The fourth-order valence-corrected chi connectivity index (χ4v) is 17.2. The number of fused-ring (bicyclic) bond motifs is 14. The number of rotatable bonds is 4. The highest BCUT2D eigenvalue weighted by Crippen LogP contribution is 2.59. The minimum atomic E-state index is -3.01. The highest BCUT2D eigenvalue weighted by molar-refractivity contribution is 7.22. The average Bonchev–Trinajstić information content (AvgIpc) is 3.38. The Hall–Kier alpha value is -8.05. The molecule has 3 aliphatic heterocycles. The molecule has 4 heterocycles. The monoisotopic (exact) mass is 831 g/mol. The average molecular weight is 832 g/mol. The lowest BCUT2D eigenvalue weighted by molar-refractivity contribution is 0.736. The Morgan fingerprint density at radius 2 is 0.688 bits per heavy atom. The number of pyridine rings is 1. The first-order chi connectivity index (χ1) is 31.8. The third-order valence-electron chi connectivity index (χ3n) is 14.0. The molecular formula is C60H41N3Si. The van der Waals surface area contributed by atoms with E-state index in [1.165, 1.54) is 82.6 Å². The highest BCUT2D eigenvalue weighted by Gasteiger charge is 2.60. The molecule has 0 saturated carbocycles. The predicted octanol–water partition coefficient (Wildman–Crippen LogP) is 12.1. The summed E-state index contributed by atoms with van der Waals surface area (Å²) in [6.45, 7) is 0. The van der Waals surface area contributed by atoms with Crippen LogP contribution in [-0.2, 0) is 5.41 Å². The van der Waals surface area contributed by atoms with Gasteiger partial charge in [-0.25, -0.2) is 0 Å². The lowest BCUT2D eigenvalue weighted by Crippen LogP contribution is -2.81. The van der Waals surface area contributed by atoms with Gasteiger partial charge in [0.2, 0.25) is 0 Å². The molecule has 0 fully saturated rings. The molecule has 1 aromatic heterocycles. The first kappa shape index (κ1) is 36.6. The van der Waals surface area contributed by atoms with Crippen LogP contribution in [0.5, 0.6) is 0 Å². The van der Waals surface area contributed by atoms with Crippen LogP contribution in [0.3, 0.4) is 0 Å². The molecule has 300 valence electrons. The smallest absolute Gasteiger partial charge is 0.184 e. The molecular weight excluding hydrogens is 791 g/mol. The number of nitrogens with zero attached hydrogens (tertiary/aromatic N) is 3. The van der Waals surface area contributed by atoms with Crippen LogP contribution in [0.1, 0.15) is 22.3 Å². The van der Waals surface area contributed by atoms with Crippen molar-refractivity contribution in [2.45, 2.75) is 5.41 Å². The summed E-state index contributed by atoms with van der Waals surface area (Å²) >= 11 is 0. The second-order valence-corrected chi connectivity index (χ2v) is 20.7. The van der Waals surface area contributed by atoms with Crippen molar-refractivity contribution in [1.29, 1.82) is 0 Å². The summed E-state index contributed by atoms with van der Waals surface area (Å²) in [5.74, 6) is 0. The standard InChI is InChI=1S/C60H41N3Si/c1-3-19-42(20-4-1)44-39-45(43-35-37-61-38-36-43)41-47(40-44)63-52-27-11-7-23-48(52)60(49-24-8-12-28-53(49)63)50-25-9-15-31-56(50)64(57-32-16-10-26-51(57)60)58-33-17-13-29-54(58)62(46-21-5-2-6-22-46)55-30-14-18-34-59(55)64/h1-41H. The highest BCUT2D eigenvalue weighted by atomic mass is 28.3. The number of aromatic nitrogens is 1. The Labute approximate surface area is 374 Å². The summed E-state index contributed by atoms with van der Waals surface area (Å²) in [6.07, 6.45) is 3.77. The van der Waals surface area contributed by atoms with Crippen LogP contribution in [0.15, 0.2) is 249 Å². The van der Waals surface area contributed by atoms with Crippen molar-refractivity contribution in [3.8, 4) is 22.3 Å². The van der Waals surface area contributed by atoms with Gasteiger partial charge in [0.15, 0.2) is 8.07 Å². The van der Waals surface area contributed by atoms with Gasteiger partial charge >= 0.3 is 0 Å². The van der Waals surface area contributed by atoms with Crippen LogP contribution in [0.2, 0.25) is 0 Å². The van der Waals surface area contributed by atoms with Crippen LogP contribution in [0.25, 0.3) is 22.3 Å². The summed E-state index contributed by atoms with van der Waals surface area (Å²) in [4.78, 5) is 9.38. The summed E-state index contributed by atoms with van der Waals surface area (Å²) in [5.41, 5.74) is 16.4. The summed E-state index contributed by atoms with van der Waals surface area (Å²) in [6, 6.07) is 88.7. The third-order valence-corrected chi connectivity index (χ3v) is 18.9. The molecule has 4 heteroatoms. The Balaban J connectivity index is 1.12. The molecule has 0 saturated heterocycles. The minimum Gasteiger partial charge on any atom is -0.311 e. The van der Waals surface area contributed by atoms with Crippen molar-refractivity contribution >= 4 is 62.9 Å². The van der Waals surface area contributed by atoms with Gasteiger partial charge < -0.3 is 9.80 Å². The summed E-state index contributed by atoms with van der Waals surface area (Å²) in [5, 5.41) is 5.69. The van der Waals surface area contributed by atoms with Gasteiger partial charge in [-0.3, -0.25) is 4.98 Å². The summed E-state index contributed by atoms with van der Waals surface area (Å²) < 4.78 is 0. The molecule has 9 aromatic carbocycles. The van der Waals surface area contributed by atoms with Gasteiger partial charge in [0.1, 0.15) is 0 Å². The van der Waals surface area contributed by atoms with Gasteiger partial charge in [-0.2, -0.15) is 0 Å². The molecule has 0 N–H and O–H groups in total. The largest absolute Gasteiger partial charge is 0.311 e. The molecule has 64 heavy (non-hydrogen) atoms. The topological polar surface area (TPSA) is 19.4 Å². The van der Waals surface area contributed by atoms with Crippen molar-refractivity contribution in [2.75, 3.05) is 9.80 Å². The van der Waals surface area contributed by atoms with Gasteiger partial charge in [0.25, 0.3) is 0 Å². The van der Waals surface area contributed by atoms with Crippen LogP contribution < -0.4 is 30.5 Å². The lowest BCUT2D eigenvalue weighted by Gasteiger charge is -2.55. The molecule has 0 unspecified atom stereocenters. The number of hydrogen-bond donors (Lipinski definition) is 0. The zero-order chi connectivity index (χ0) is 42.2. The van der Waals surface area contributed by atoms with E-state index in [-0.39, 0.29) is 0 Å². The van der Waals surface area contributed by atoms with Crippen LogP contribution >= 0.6 is 0 Å². The van der Waals surface area contributed by atoms with Gasteiger partial charge in [-0.1, -0.05) is 170 Å². The van der Waals surface area contributed by atoms with E-state index in [1.807, 2.05) is 12.4 Å². The van der Waals surface area contributed by atoms with Gasteiger partial charge in [-0.05, 0) is 132 Å². The van der Waals surface area contributed by atoms with Gasteiger partial charge in [-0.15, -0.1) is 0 Å². The zero-order valence-electron chi connectivity index (χ0n) is 35.0. The molecule has 2 spiro atoms. The van der Waals surface area contributed by atoms with E-state index in [0.29, 0.717) is 0 Å². The number of hydrogen-bond acceptors (Lipinski definition) is 3. The maximum atomic E-state index is 4.37. The Morgan fingerprint density at radius 3 is 1.22 bits per heavy atom. The van der Waals surface area contributed by atoms with E-state index in [9.17, 15) is 0 Å². The van der Waals surface area contributed by atoms with Crippen molar-refractivity contribution in [3.05, 3.63) is 271 Å². The molecule has 0 atom stereocenters. The van der Waals surface area contributed by atoms with E-state index in [4.69, 9.17) is 0 Å². The van der Waals surface area contributed by atoms with Crippen LogP contribution in [-0.4, -0.2) is 13.1 Å². The van der Waals surface area contributed by atoms with E-state index < -0.39 is 13.5 Å². The van der Waals surface area contributed by atoms with Gasteiger partial charge in [0.05, 0.1) is 16.8 Å². The lowest BCUT2D eigenvalue weighted by atomic mass is 9.62. The fraction of sp³-hybridized carbons (Fsp3) is 0.0167. The number of anilines is 6. The Morgan fingerprint density at radius 1 is 0.297 bits per heavy atom. The second kappa shape index (κ2) is 14.2. The maximum Gasteiger partial charge on any atom is 0.184 e. The van der Waals surface area contributed by atoms with E-state index in [2.05, 4.69) is 251 Å². The first-order valence-electron chi connectivity index (χ1n) is 22.1. The van der Waals surface area contributed by atoms with Crippen molar-refractivity contribution < 1.29 is 0 Å². The van der Waals surface area contributed by atoms with E-state index in [0.717, 1.165) is 16.8 Å². The van der Waals surface area contributed by atoms with Crippen molar-refractivity contribution in [3.63, 3.8) is 0 Å². The second-order valence-electron chi connectivity index (χ2n) is 17.0. The van der Waals surface area contributed by atoms with Crippen molar-refractivity contribution in [2.24, 2.45) is 0 Å². The van der Waals surface area contributed by atoms with E-state index in [1.54, 1.807) is 0 Å². The van der Waals surface area contributed by atoms with Crippen LogP contribution in [0.4, 0.5) is 34.1 Å². The minimum absolute atomic E-state index is 0.624. The molecule has 10 aromatic rings. The molecule has 3 nitrogen and oxygen atoms in total. The predicted molar refractivity (Wildman–Crippen MR) is 267 cm³/mol. The molecule has 0 aliphatic carbocycles. The normalized spacial score (nSPS) is 14.4.